The summed E-state index contributed by atoms with van der Waals surface area (Å²) in [5.74, 6) is 0.828. The maximum atomic E-state index is 4.73. The molecule has 0 amide bonds. The van der Waals surface area contributed by atoms with Gasteiger partial charge in [-0.2, -0.15) is 0 Å². The molecule has 0 spiro atoms. The molecule has 0 unspecified atom stereocenters. The van der Waals surface area contributed by atoms with Gasteiger partial charge in [0.25, 0.3) is 0 Å². The Morgan fingerprint density at radius 3 is 3.10 bits per heavy atom. The lowest BCUT2D eigenvalue weighted by Gasteiger charge is -2.24. The number of aliphatic imine (C=N–C) groups is 1. The van der Waals surface area contributed by atoms with Crippen molar-refractivity contribution in [2.45, 2.75) is 6.42 Å². The highest BCUT2D eigenvalue weighted by Gasteiger charge is 2.08. The van der Waals surface area contributed by atoms with Crippen LogP contribution in [0, 0.1) is 0 Å². The van der Waals surface area contributed by atoms with Crippen molar-refractivity contribution in [3.63, 3.8) is 0 Å². The second-order valence-corrected chi connectivity index (χ2v) is 2.29. The van der Waals surface area contributed by atoms with Crippen LogP contribution in [0.15, 0.2) is 4.99 Å². The van der Waals surface area contributed by atoms with E-state index in [1.54, 1.807) is 7.11 Å². The van der Waals surface area contributed by atoms with Crippen molar-refractivity contribution in [2.24, 2.45) is 4.99 Å². The third-order valence-electron chi connectivity index (χ3n) is 1.47. The third kappa shape index (κ3) is 1.60. The summed E-state index contributed by atoms with van der Waals surface area (Å²) >= 11 is 0. The number of hydrogen-bond acceptors (Lipinski definition) is 4. The van der Waals surface area contributed by atoms with Crippen LogP contribution >= 0.6 is 0 Å². The van der Waals surface area contributed by atoms with Crippen molar-refractivity contribution in [1.82, 2.24) is 10.4 Å². The van der Waals surface area contributed by atoms with Gasteiger partial charge in [0, 0.05) is 20.1 Å². The van der Waals surface area contributed by atoms with Crippen molar-refractivity contribution < 1.29 is 4.84 Å². The summed E-state index contributed by atoms with van der Waals surface area (Å²) in [5, 5.41) is 0. The highest BCUT2D eigenvalue weighted by Crippen LogP contribution is 1.96. The average Bonchev–Trinajstić information content (AvgIpc) is 1.94. The Morgan fingerprint density at radius 2 is 2.50 bits per heavy atom. The zero-order chi connectivity index (χ0) is 7.40. The van der Waals surface area contributed by atoms with Crippen LogP contribution in [0.5, 0.6) is 0 Å². The largest absolute Gasteiger partial charge is 0.344 e. The van der Waals surface area contributed by atoms with Gasteiger partial charge in [-0.1, -0.05) is 0 Å². The molecule has 0 saturated heterocycles. The molecule has 1 aliphatic heterocycles. The second-order valence-electron chi connectivity index (χ2n) is 2.29. The van der Waals surface area contributed by atoms with Crippen molar-refractivity contribution >= 4 is 5.96 Å². The number of guanidine groups is 1. The summed E-state index contributed by atoms with van der Waals surface area (Å²) in [5.41, 5.74) is 2.71. The minimum absolute atomic E-state index is 0.828. The Kier molecular flexibility index (Phi) is 2.50. The van der Waals surface area contributed by atoms with Gasteiger partial charge in [-0.3, -0.25) is 9.83 Å². The van der Waals surface area contributed by atoms with E-state index < -0.39 is 0 Å². The molecule has 0 aromatic heterocycles. The first kappa shape index (κ1) is 7.34. The Labute approximate surface area is 60.8 Å². The SMILES string of the molecule is CONC1=NCCCN1C. The molecule has 1 aliphatic rings. The van der Waals surface area contributed by atoms with Gasteiger partial charge in [-0.15, -0.1) is 0 Å². The van der Waals surface area contributed by atoms with Crippen molar-refractivity contribution in [1.29, 1.82) is 0 Å². The van der Waals surface area contributed by atoms with E-state index in [1.807, 2.05) is 11.9 Å². The quantitative estimate of drug-likeness (QED) is 0.518. The zero-order valence-corrected chi connectivity index (χ0v) is 6.42. The van der Waals surface area contributed by atoms with Crippen LogP contribution < -0.4 is 5.48 Å². The van der Waals surface area contributed by atoms with Crippen LogP contribution in [0.3, 0.4) is 0 Å². The molecule has 1 N–H and O–H groups in total. The minimum atomic E-state index is 0.828. The van der Waals surface area contributed by atoms with Gasteiger partial charge in [0.1, 0.15) is 0 Å². The lowest BCUT2D eigenvalue weighted by molar-refractivity contribution is 0.131. The predicted molar refractivity (Wildman–Crippen MR) is 39.7 cm³/mol. The molecule has 0 atom stereocenters. The summed E-state index contributed by atoms with van der Waals surface area (Å²) in [6.07, 6.45) is 1.13. The number of hydrogen-bond donors (Lipinski definition) is 1. The summed E-state index contributed by atoms with van der Waals surface area (Å²) < 4.78 is 0. The average molecular weight is 143 g/mol. The lowest BCUT2D eigenvalue weighted by atomic mass is 10.4. The Balaban J connectivity index is 2.44. The summed E-state index contributed by atoms with van der Waals surface area (Å²) in [6, 6.07) is 0. The third-order valence-corrected chi connectivity index (χ3v) is 1.47. The van der Waals surface area contributed by atoms with Gasteiger partial charge >= 0.3 is 0 Å². The topological polar surface area (TPSA) is 36.9 Å². The first-order valence-electron chi connectivity index (χ1n) is 3.39. The van der Waals surface area contributed by atoms with Crippen LogP contribution in [0.4, 0.5) is 0 Å². The summed E-state index contributed by atoms with van der Waals surface area (Å²) in [6.45, 7) is 1.95. The number of nitrogens with zero attached hydrogens (tertiary/aromatic N) is 2. The van der Waals surface area contributed by atoms with Gasteiger partial charge in [-0.25, -0.2) is 5.48 Å². The summed E-state index contributed by atoms with van der Waals surface area (Å²) in [4.78, 5) is 11.0. The molecule has 4 heteroatoms. The minimum Gasteiger partial charge on any atom is -0.344 e. The van der Waals surface area contributed by atoms with Gasteiger partial charge in [0.15, 0.2) is 0 Å². The number of nitrogens with one attached hydrogen (secondary N) is 1. The Bertz CT molecular complexity index is 135. The molecule has 0 bridgehead atoms. The van der Waals surface area contributed by atoms with E-state index in [0.29, 0.717) is 0 Å². The molecule has 0 aromatic rings. The predicted octanol–water partition coefficient (Wildman–Crippen LogP) is -0.171. The highest BCUT2D eigenvalue weighted by atomic mass is 16.6. The van der Waals surface area contributed by atoms with Gasteiger partial charge in [0.05, 0.1) is 7.11 Å². The first-order valence-corrected chi connectivity index (χ1v) is 3.39. The highest BCUT2D eigenvalue weighted by molar-refractivity contribution is 5.79. The van der Waals surface area contributed by atoms with E-state index in [2.05, 4.69) is 10.5 Å². The second kappa shape index (κ2) is 3.41. The molecular formula is C6H13N3O. The fourth-order valence-corrected chi connectivity index (χ4v) is 0.921. The van der Waals surface area contributed by atoms with E-state index in [1.165, 1.54) is 0 Å². The van der Waals surface area contributed by atoms with Crippen LogP contribution in [0.25, 0.3) is 0 Å². The van der Waals surface area contributed by atoms with Gasteiger partial charge < -0.3 is 4.90 Å². The van der Waals surface area contributed by atoms with E-state index in [0.717, 1.165) is 25.5 Å². The smallest absolute Gasteiger partial charge is 0.218 e. The monoisotopic (exact) mass is 143 g/mol. The van der Waals surface area contributed by atoms with Crippen LogP contribution in [0.2, 0.25) is 0 Å². The van der Waals surface area contributed by atoms with Gasteiger partial charge in [-0.05, 0) is 6.42 Å². The van der Waals surface area contributed by atoms with Crippen LogP contribution in [-0.2, 0) is 4.84 Å². The van der Waals surface area contributed by atoms with Crippen molar-refractivity contribution in [3.8, 4) is 0 Å². The van der Waals surface area contributed by atoms with Crippen LogP contribution in [0.1, 0.15) is 6.42 Å². The molecule has 0 radical (unpaired) electrons. The first-order chi connectivity index (χ1) is 4.84. The normalized spacial score (nSPS) is 18.6. The molecule has 1 heterocycles. The Morgan fingerprint density at radius 1 is 1.70 bits per heavy atom. The zero-order valence-electron chi connectivity index (χ0n) is 6.42. The molecule has 0 saturated carbocycles. The molecule has 1 rings (SSSR count). The maximum Gasteiger partial charge on any atom is 0.218 e. The number of rotatable bonds is 1. The summed E-state index contributed by atoms with van der Waals surface area (Å²) in [7, 11) is 3.58. The molecule has 0 fully saturated rings. The fourth-order valence-electron chi connectivity index (χ4n) is 0.921. The molecule has 0 aromatic carbocycles. The van der Waals surface area contributed by atoms with Gasteiger partial charge in [0.2, 0.25) is 5.96 Å². The fraction of sp³-hybridized carbons (Fsp3) is 0.833. The van der Waals surface area contributed by atoms with E-state index in [9.17, 15) is 0 Å². The maximum absolute atomic E-state index is 4.73. The Hall–Kier alpha value is -0.770. The van der Waals surface area contributed by atoms with E-state index in [-0.39, 0.29) is 0 Å². The molecule has 58 valence electrons. The van der Waals surface area contributed by atoms with E-state index >= 15 is 0 Å². The molecule has 0 aliphatic carbocycles. The molecule has 4 nitrogen and oxygen atoms in total. The van der Waals surface area contributed by atoms with Crippen LogP contribution in [-0.4, -0.2) is 38.1 Å². The standard InChI is InChI=1S/C6H13N3O/c1-9-5-3-4-7-6(9)8-10-2/h3-5H2,1-2H3,(H,7,8). The molecular weight excluding hydrogens is 130 g/mol. The van der Waals surface area contributed by atoms with Crippen molar-refractivity contribution in [2.75, 3.05) is 27.2 Å². The van der Waals surface area contributed by atoms with E-state index in [4.69, 9.17) is 4.84 Å². The molecule has 10 heavy (non-hydrogen) atoms. The van der Waals surface area contributed by atoms with Crippen molar-refractivity contribution in [3.05, 3.63) is 0 Å². The lowest BCUT2D eigenvalue weighted by Crippen LogP contribution is -2.41. The number of hydroxylamine groups is 1.